The Balaban J connectivity index is 2.09. The topological polar surface area (TPSA) is 84.6 Å². The molecule has 2 rings (SSSR count). The summed E-state index contributed by atoms with van der Waals surface area (Å²) in [6.07, 6.45) is 5.13. The van der Waals surface area contributed by atoms with Crippen molar-refractivity contribution in [3.63, 3.8) is 0 Å². The quantitative estimate of drug-likeness (QED) is 0.670. The average Bonchev–Trinajstić information content (AvgIpc) is 2.46. The molecule has 1 amide bonds. The third-order valence-corrected chi connectivity index (χ3v) is 3.09. The van der Waals surface area contributed by atoms with Crippen molar-refractivity contribution in [2.45, 2.75) is 32.1 Å². The van der Waals surface area contributed by atoms with Gasteiger partial charge in [-0.1, -0.05) is 18.6 Å². The summed E-state index contributed by atoms with van der Waals surface area (Å²) in [7, 11) is 0. The number of amides is 1. The molecule has 0 aliphatic heterocycles. The Hall–Kier alpha value is -2.24. The van der Waals surface area contributed by atoms with Crippen molar-refractivity contribution in [1.29, 1.82) is 0 Å². The number of nitro groups is 1. The van der Waals surface area contributed by atoms with Gasteiger partial charge in [0.25, 0.3) is 11.6 Å². The summed E-state index contributed by atoms with van der Waals surface area (Å²) >= 11 is 0. The van der Waals surface area contributed by atoms with Gasteiger partial charge in [0, 0.05) is 11.8 Å². The molecule has 19 heavy (non-hydrogen) atoms. The number of nitrogens with zero attached hydrogens (tertiary/aromatic N) is 2. The lowest BCUT2D eigenvalue weighted by atomic mass is 9.99. The third-order valence-electron chi connectivity index (χ3n) is 3.09. The highest BCUT2D eigenvalue weighted by Gasteiger charge is 2.19. The van der Waals surface area contributed by atoms with Crippen molar-refractivity contribution in [3.8, 4) is 0 Å². The van der Waals surface area contributed by atoms with Crippen LogP contribution in [0.15, 0.2) is 29.4 Å². The fraction of sp³-hybridized carbons (Fsp3) is 0.385. The summed E-state index contributed by atoms with van der Waals surface area (Å²) < 4.78 is 0. The zero-order valence-electron chi connectivity index (χ0n) is 10.5. The van der Waals surface area contributed by atoms with Crippen molar-refractivity contribution in [2.75, 3.05) is 0 Å². The van der Waals surface area contributed by atoms with E-state index in [1.54, 1.807) is 6.07 Å². The Morgan fingerprint density at radius 1 is 1.21 bits per heavy atom. The maximum atomic E-state index is 11.9. The fourth-order valence-electron chi connectivity index (χ4n) is 2.09. The summed E-state index contributed by atoms with van der Waals surface area (Å²) in [5, 5.41) is 14.9. The van der Waals surface area contributed by atoms with Crippen molar-refractivity contribution in [3.05, 3.63) is 39.9 Å². The van der Waals surface area contributed by atoms with Crippen LogP contribution in [0.4, 0.5) is 5.69 Å². The highest BCUT2D eigenvalue weighted by Crippen LogP contribution is 2.18. The lowest BCUT2D eigenvalue weighted by molar-refractivity contribution is -0.385. The van der Waals surface area contributed by atoms with E-state index in [-0.39, 0.29) is 11.3 Å². The van der Waals surface area contributed by atoms with Gasteiger partial charge in [-0.25, -0.2) is 5.43 Å². The van der Waals surface area contributed by atoms with E-state index in [0.29, 0.717) is 0 Å². The van der Waals surface area contributed by atoms with Crippen LogP contribution in [0, 0.1) is 10.1 Å². The first-order valence-corrected chi connectivity index (χ1v) is 6.27. The van der Waals surface area contributed by atoms with E-state index in [2.05, 4.69) is 10.5 Å². The van der Waals surface area contributed by atoms with Gasteiger partial charge in [0.05, 0.1) is 4.92 Å². The minimum absolute atomic E-state index is 0.0349. The maximum absolute atomic E-state index is 11.9. The summed E-state index contributed by atoms with van der Waals surface area (Å²) in [6.45, 7) is 0. The van der Waals surface area contributed by atoms with Crippen LogP contribution in [-0.4, -0.2) is 16.5 Å². The number of rotatable bonds is 3. The van der Waals surface area contributed by atoms with Crippen molar-refractivity contribution < 1.29 is 9.72 Å². The molecule has 1 aromatic carbocycles. The van der Waals surface area contributed by atoms with Crippen LogP contribution < -0.4 is 5.43 Å². The fourth-order valence-corrected chi connectivity index (χ4v) is 2.09. The van der Waals surface area contributed by atoms with Gasteiger partial charge in [-0.2, -0.15) is 5.10 Å². The zero-order chi connectivity index (χ0) is 13.7. The van der Waals surface area contributed by atoms with E-state index in [4.69, 9.17) is 0 Å². The number of hydrogen-bond donors (Lipinski definition) is 1. The number of para-hydroxylation sites is 1. The SMILES string of the molecule is O=C(NN=C1CCCCC1)c1ccccc1[N+](=O)[O-]. The smallest absolute Gasteiger partial charge is 0.267 e. The Morgan fingerprint density at radius 2 is 1.89 bits per heavy atom. The Morgan fingerprint density at radius 3 is 2.58 bits per heavy atom. The van der Waals surface area contributed by atoms with E-state index in [1.165, 1.54) is 24.6 Å². The molecule has 0 heterocycles. The standard InChI is InChI=1S/C13H15N3O3/c17-13(15-14-10-6-2-1-3-7-10)11-8-4-5-9-12(11)16(18)19/h4-5,8-9H,1-3,6-7H2,(H,15,17). The highest BCUT2D eigenvalue weighted by molar-refractivity contribution is 5.98. The lowest BCUT2D eigenvalue weighted by Crippen LogP contribution is -2.21. The molecule has 6 heteroatoms. The molecule has 0 spiro atoms. The minimum atomic E-state index is -0.567. The van der Waals surface area contributed by atoms with Crippen LogP contribution in [0.25, 0.3) is 0 Å². The molecule has 0 bridgehead atoms. The van der Waals surface area contributed by atoms with Gasteiger partial charge in [-0.15, -0.1) is 0 Å². The molecule has 1 aromatic rings. The van der Waals surface area contributed by atoms with Gasteiger partial charge in [0.2, 0.25) is 0 Å². The van der Waals surface area contributed by atoms with Gasteiger partial charge in [0.1, 0.15) is 5.56 Å². The highest BCUT2D eigenvalue weighted by atomic mass is 16.6. The van der Waals surface area contributed by atoms with Crippen LogP contribution in [0.3, 0.4) is 0 Å². The predicted molar refractivity (Wildman–Crippen MR) is 71.1 cm³/mol. The molecule has 0 radical (unpaired) electrons. The summed E-state index contributed by atoms with van der Waals surface area (Å²) in [6, 6.07) is 5.86. The number of carbonyl (C=O) groups is 1. The number of nitro benzene ring substituents is 1. The number of nitrogens with one attached hydrogen (secondary N) is 1. The molecule has 1 aliphatic rings. The molecule has 1 fully saturated rings. The van der Waals surface area contributed by atoms with Gasteiger partial charge < -0.3 is 0 Å². The second-order valence-electron chi connectivity index (χ2n) is 4.45. The van der Waals surface area contributed by atoms with E-state index >= 15 is 0 Å². The van der Waals surface area contributed by atoms with Gasteiger partial charge in [-0.3, -0.25) is 14.9 Å². The van der Waals surface area contributed by atoms with E-state index in [0.717, 1.165) is 31.4 Å². The molecular formula is C13H15N3O3. The summed E-state index contributed by atoms with van der Waals surface area (Å²) in [4.78, 5) is 22.1. The maximum Gasteiger partial charge on any atom is 0.282 e. The van der Waals surface area contributed by atoms with Gasteiger partial charge in [-0.05, 0) is 31.7 Å². The minimum Gasteiger partial charge on any atom is -0.267 e. The first-order chi connectivity index (χ1) is 9.18. The second-order valence-corrected chi connectivity index (χ2v) is 4.45. The third kappa shape index (κ3) is 3.37. The molecule has 0 atom stereocenters. The Kier molecular flexibility index (Phi) is 4.22. The molecule has 1 N–H and O–H groups in total. The number of carbonyl (C=O) groups excluding carboxylic acids is 1. The normalized spacial score (nSPS) is 14.8. The molecule has 0 saturated heterocycles. The van der Waals surface area contributed by atoms with E-state index in [9.17, 15) is 14.9 Å². The van der Waals surface area contributed by atoms with Crippen LogP contribution in [0.5, 0.6) is 0 Å². The molecule has 100 valence electrons. The molecule has 1 aliphatic carbocycles. The molecule has 6 nitrogen and oxygen atoms in total. The zero-order valence-corrected chi connectivity index (χ0v) is 10.5. The second kappa shape index (κ2) is 6.08. The molecule has 0 unspecified atom stereocenters. The average molecular weight is 261 g/mol. The van der Waals surface area contributed by atoms with Gasteiger partial charge in [0.15, 0.2) is 0 Å². The van der Waals surface area contributed by atoms with Crippen LogP contribution in [-0.2, 0) is 0 Å². The number of hydrogen-bond acceptors (Lipinski definition) is 4. The first kappa shape index (κ1) is 13.2. The molecule has 1 saturated carbocycles. The molecular weight excluding hydrogens is 246 g/mol. The van der Waals surface area contributed by atoms with Crippen LogP contribution in [0.2, 0.25) is 0 Å². The van der Waals surface area contributed by atoms with Gasteiger partial charge >= 0.3 is 0 Å². The van der Waals surface area contributed by atoms with Crippen LogP contribution in [0.1, 0.15) is 42.5 Å². The van der Waals surface area contributed by atoms with E-state index in [1.807, 2.05) is 0 Å². The largest absolute Gasteiger partial charge is 0.282 e. The van der Waals surface area contributed by atoms with Crippen molar-refractivity contribution in [1.82, 2.24) is 5.43 Å². The van der Waals surface area contributed by atoms with Crippen LogP contribution >= 0.6 is 0 Å². The Labute approximate surface area is 110 Å². The van der Waals surface area contributed by atoms with Crippen molar-refractivity contribution >= 4 is 17.3 Å². The monoisotopic (exact) mass is 261 g/mol. The number of benzene rings is 1. The predicted octanol–water partition coefficient (Wildman–Crippen LogP) is 2.64. The Bertz CT molecular complexity index is 518. The summed E-state index contributed by atoms with van der Waals surface area (Å²) in [5.41, 5.74) is 3.20. The van der Waals surface area contributed by atoms with E-state index < -0.39 is 10.8 Å². The molecule has 0 aromatic heterocycles. The van der Waals surface area contributed by atoms with Crippen molar-refractivity contribution in [2.24, 2.45) is 5.10 Å². The first-order valence-electron chi connectivity index (χ1n) is 6.27. The number of hydrazone groups is 1. The lowest BCUT2D eigenvalue weighted by Gasteiger charge is -2.11. The summed E-state index contributed by atoms with van der Waals surface area (Å²) in [5.74, 6) is -0.537.